The van der Waals surface area contributed by atoms with Crippen molar-refractivity contribution in [1.29, 1.82) is 0 Å². The molecule has 0 heterocycles. The van der Waals surface area contributed by atoms with E-state index in [0.29, 0.717) is 0 Å². The van der Waals surface area contributed by atoms with Crippen LogP contribution in [0.5, 0.6) is 5.75 Å². The fourth-order valence-corrected chi connectivity index (χ4v) is 3.35. The Bertz CT molecular complexity index is 857. The summed E-state index contributed by atoms with van der Waals surface area (Å²) in [5, 5.41) is 9.58. The zero-order chi connectivity index (χ0) is 17.8. The third kappa shape index (κ3) is 3.56. The van der Waals surface area contributed by atoms with E-state index in [4.69, 9.17) is 5.73 Å². The van der Waals surface area contributed by atoms with Gasteiger partial charge in [-0.05, 0) is 41.3 Å². The molecule has 3 heteroatoms. The molecular weight excluding hydrogens is 310 g/mol. The number of phenols is 1. The van der Waals surface area contributed by atoms with E-state index < -0.39 is 5.92 Å². The number of hydrogen-bond acceptors (Lipinski definition) is 2. The Morgan fingerprint density at radius 2 is 1.44 bits per heavy atom. The molecule has 3 rings (SSSR count). The number of phenolic OH excluding ortho intramolecular Hbond substituents is 1. The maximum Gasteiger partial charge on any atom is 0.225 e. The molecule has 0 aliphatic rings. The molecule has 25 heavy (non-hydrogen) atoms. The van der Waals surface area contributed by atoms with Gasteiger partial charge in [0, 0.05) is 5.92 Å². The summed E-state index contributed by atoms with van der Waals surface area (Å²) in [6.45, 7) is 2.04. The highest BCUT2D eigenvalue weighted by Gasteiger charge is 2.31. The lowest BCUT2D eigenvalue weighted by Gasteiger charge is -2.27. The van der Waals surface area contributed by atoms with Gasteiger partial charge in [0.2, 0.25) is 5.91 Å². The van der Waals surface area contributed by atoms with Crippen molar-refractivity contribution in [3.63, 3.8) is 0 Å². The topological polar surface area (TPSA) is 63.3 Å². The summed E-state index contributed by atoms with van der Waals surface area (Å²) < 4.78 is 0. The van der Waals surface area contributed by atoms with Crippen LogP contribution in [0.2, 0.25) is 0 Å². The van der Waals surface area contributed by atoms with Crippen molar-refractivity contribution in [3.8, 4) is 5.75 Å². The summed E-state index contributed by atoms with van der Waals surface area (Å²) in [5.41, 5.74) is 9.85. The summed E-state index contributed by atoms with van der Waals surface area (Å²) in [6, 6.07) is 24.7. The number of carbonyl (C=O) groups is 1. The Balaban J connectivity index is 2.19. The van der Waals surface area contributed by atoms with E-state index in [1.165, 1.54) is 0 Å². The number of amides is 1. The molecule has 2 atom stereocenters. The number of primary amides is 1. The minimum absolute atomic E-state index is 0.166. The van der Waals surface area contributed by atoms with Crippen LogP contribution in [0.1, 0.15) is 34.1 Å². The Morgan fingerprint density at radius 3 is 2.04 bits per heavy atom. The van der Waals surface area contributed by atoms with Crippen LogP contribution in [-0.2, 0) is 4.79 Å². The zero-order valence-corrected chi connectivity index (χ0v) is 14.1. The number of hydrogen-bond donors (Lipinski definition) is 2. The molecule has 3 aromatic rings. The maximum absolute atomic E-state index is 12.4. The molecule has 0 spiro atoms. The second kappa shape index (κ2) is 7.22. The van der Waals surface area contributed by atoms with Gasteiger partial charge in [-0.15, -0.1) is 0 Å². The second-order valence-electron chi connectivity index (χ2n) is 6.22. The van der Waals surface area contributed by atoms with Crippen molar-refractivity contribution in [2.24, 2.45) is 5.73 Å². The summed E-state index contributed by atoms with van der Waals surface area (Å²) in [5.74, 6) is -0.935. The number of aryl methyl sites for hydroxylation is 1. The van der Waals surface area contributed by atoms with E-state index >= 15 is 0 Å². The molecule has 2 unspecified atom stereocenters. The smallest absolute Gasteiger partial charge is 0.225 e. The molecule has 0 saturated carbocycles. The van der Waals surface area contributed by atoms with Crippen LogP contribution in [0, 0.1) is 6.92 Å². The first-order valence-corrected chi connectivity index (χ1v) is 8.26. The van der Waals surface area contributed by atoms with E-state index in [1.54, 1.807) is 24.3 Å². The minimum atomic E-state index is -0.524. The quantitative estimate of drug-likeness (QED) is 0.739. The molecule has 0 radical (unpaired) electrons. The van der Waals surface area contributed by atoms with Gasteiger partial charge >= 0.3 is 0 Å². The first-order valence-electron chi connectivity index (χ1n) is 8.26. The van der Waals surface area contributed by atoms with E-state index in [2.05, 4.69) is 0 Å². The Hall–Kier alpha value is -3.07. The average Bonchev–Trinajstić information content (AvgIpc) is 2.62. The van der Waals surface area contributed by atoms with Crippen molar-refractivity contribution in [1.82, 2.24) is 0 Å². The predicted molar refractivity (Wildman–Crippen MR) is 99.5 cm³/mol. The Kier molecular flexibility index (Phi) is 4.85. The third-order valence-corrected chi connectivity index (χ3v) is 4.57. The molecule has 126 valence electrons. The summed E-state index contributed by atoms with van der Waals surface area (Å²) in [7, 11) is 0. The van der Waals surface area contributed by atoms with Gasteiger partial charge in [-0.2, -0.15) is 0 Å². The van der Waals surface area contributed by atoms with Crippen LogP contribution in [0.15, 0.2) is 78.9 Å². The molecule has 0 aliphatic carbocycles. The molecule has 1 amide bonds. The monoisotopic (exact) mass is 331 g/mol. The highest BCUT2D eigenvalue weighted by Crippen LogP contribution is 2.40. The molecule has 3 nitrogen and oxygen atoms in total. The van der Waals surface area contributed by atoms with E-state index in [0.717, 1.165) is 22.3 Å². The molecule has 0 aliphatic heterocycles. The van der Waals surface area contributed by atoms with Gasteiger partial charge in [-0.3, -0.25) is 4.79 Å². The van der Waals surface area contributed by atoms with E-state index in [1.807, 2.05) is 61.5 Å². The van der Waals surface area contributed by atoms with Crippen molar-refractivity contribution in [2.75, 3.05) is 0 Å². The summed E-state index contributed by atoms with van der Waals surface area (Å²) >= 11 is 0. The third-order valence-electron chi connectivity index (χ3n) is 4.57. The van der Waals surface area contributed by atoms with Gasteiger partial charge in [-0.25, -0.2) is 0 Å². The molecule has 0 saturated heterocycles. The van der Waals surface area contributed by atoms with Gasteiger partial charge in [-0.1, -0.05) is 66.7 Å². The van der Waals surface area contributed by atoms with Crippen LogP contribution in [0.25, 0.3) is 0 Å². The maximum atomic E-state index is 12.4. The van der Waals surface area contributed by atoms with Crippen molar-refractivity contribution in [3.05, 3.63) is 101 Å². The molecule has 3 aromatic carbocycles. The number of carbonyl (C=O) groups excluding carboxylic acids is 1. The molecule has 0 fully saturated rings. The molecule has 0 aromatic heterocycles. The standard InChI is InChI=1S/C22H21NO2/c1-15-7-5-6-10-19(15)20(16-8-3-2-4-9-16)21(22(23)25)17-11-13-18(24)14-12-17/h2-14,20-21,24H,1H3,(H2,23,25). The number of benzene rings is 3. The van der Waals surface area contributed by atoms with Crippen molar-refractivity contribution >= 4 is 5.91 Å². The van der Waals surface area contributed by atoms with Crippen LogP contribution in [-0.4, -0.2) is 11.0 Å². The van der Waals surface area contributed by atoms with Gasteiger partial charge in [0.05, 0.1) is 5.92 Å². The minimum Gasteiger partial charge on any atom is -0.508 e. The summed E-state index contributed by atoms with van der Waals surface area (Å²) in [6.07, 6.45) is 0. The highest BCUT2D eigenvalue weighted by molar-refractivity contribution is 5.84. The van der Waals surface area contributed by atoms with Crippen LogP contribution in [0.4, 0.5) is 0 Å². The average molecular weight is 331 g/mol. The highest BCUT2D eigenvalue weighted by atomic mass is 16.3. The predicted octanol–water partition coefficient (Wildman–Crippen LogP) is 4.10. The number of aromatic hydroxyl groups is 1. The molecule has 0 bridgehead atoms. The van der Waals surface area contributed by atoms with Crippen molar-refractivity contribution < 1.29 is 9.90 Å². The first kappa shape index (κ1) is 16.8. The fourth-order valence-electron chi connectivity index (χ4n) is 3.35. The largest absolute Gasteiger partial charge is 0.508 e. The zero-order valence-electron chi connectivity index (χ0n) is 14.1. The normalized spacial score (nSPS) is 13.2. The van der Waals surface area contributed by atoms with Crippen LogP contribution in [0.3, 0.4) is 0 Å². The van der Waals surface area contributed by atoms with Crippen LogP contribution < -0.4 is 5.73 Å². The van der Waals surface area contributed by atoms with Crippen molar-refractivity contribution in [2.45, 2.75) is 18.8 Å². The number of rotatable bonds is 5. The Morgan fingerprint density at radius 1 is 0.840 bits per heavy atom. The Labute approximate surface area is 147 Å². The first-order chi connectivity index (χ1) is 12.1. The number of nitrogens with two attached hydrogens (primary N) is 1. The van der Waals surface area contributed by atoms with Gasteiger partial charge in [0.25, 0.3) is 0 Å². The lowest BCUT2D eigenvalue weighted by atomic mass is 9.75. The molecule has 3 N–H and O–H groups in total. The van der Waals surface area contributed by atoms with Gasteiger partial charge in [0.15, 0.2) is 0 Å². The van der Waals surface area contributed by atoms with E-state index in [9.17, 15) is 9.90 Å². The summed E-state index contributed by atoms with van der Waals surface area (Å²) in [4.78, 5) is 12.4. The van der Waals surface area contributed by atoms with E-state index in [-0.39, 0.29) is 17.6 Å². The second-order valence-corrected chi connectivity index (χ2v) is 6.22. The lowest BCUT2D eigenvalue weighted by molar-refractivity contribution is -0.119. The SMILES string of the molecule is Cc1ccccc1C(c1ccccc1)C(C(N)=O)c1ccc(O)cc1. The van der Waals surface area contributed by atoms with Gasteiger partial charge in [0.1, 0.15) is 5.75 Å². The van der Waals surface area contributed by atoms with Crippen LogP contribution >= 0.6 is 0 Å². The van der Waals surface area contributed by atoms with Gasteiger partial charge < -0.3 is 10.8 Å². The fraction of sp³-hybridized carbons (Fsp3) is 0.136. The molecular formula is C22H21NO2. The lowest BCUT2D eigenvalue weighted by Crippen LogP contribution is -2.28.